The number of nitrogens with zero attached hydrogens (tertiary/aromatic N) is 8. The molecular weight excluding hydrogens is 829 g/mol. The molecule has 1 atom stereocenters. The molecule has 0 radical (unpaired) electrons. The Morgan fingerprint density at radius 3 is 2.17 bits per heavy atom. The van der Waals surface area contributed by atoms with Crippen molar-refractivity contribution in [1.82, 2.24) is 35.0 Å². The van der Waals surface area contributed by atoms with Crippen LogP contribution in [0.2, 0.25) is 0 Å². The molecule has 342 valence electrons. The van der Waals surface area contributed by atoms with E-state index < -0.39 is 0 Å². The van der Waals surface area contributed by atoms with Crippen LogP contribution in [-0.2, 0) is 19.2 Å². The quantitative estimate of drug-likeness (QED) is 0.140. The fraction of sp³-hybridized carbons (Fsp3) is 0.442. The van der Waals surface area contributed by atoms with Gasteiger partial charge in [-0.1, -0.05) is 43.3 Å². The highest BCUT2D eigenvalue weighted by atomic mass is 16.2. The second-order valence-electron chi connectivity index (χ2n) is 18.9. The topological polar surface area (TPSA) is 159 Å². The van der Waals surface area contributed by atoms with Crippen molar-refractivity contribution >= 4 is 40.7 Å². The van der Waals surface area contributed by atoms with Crippen molar-refractivity contribution < 1.29 is 19.2 Å². The van der Waals surface area contributed by atoms with Gasteiger partial charge >= 0.3 is 0 Å². The Bertz CT molecular complexity index is 2610. The van der Waals surface area contributed by atoms with Crippen LogP contribution in [0.25, 0.3) is 27.8 Å². The Morgan fingerprint density at radius 1 is 0.833 bits per heavy atom. The third-order valence-electron chi connectivity index (χ3n) is 14.6. The lowest BCUT2D eigenvalue weighted by Gasteiger charge is -2.41. The first-order chi connectivity index (χ1) is 32.0. The average molecular weight is 889 g/mol. The van der Waals surface area contributed by atoms with Crippen molar-refractivity contribution in [3.63, 3.8) is 0 Å². The fourth-order valence-corrected chi connectivity index (χ4v) is 10.4. The summed E-state index contributed by atoms with van der Waals surface area (Å²) in [6.45, 7) is 12.7. The Balaban J connectivity index is 0.788. The number of carbonyl (C=O) groups excluding carboxylic acids is 4. The molecule has 4 aliphatic heterocycles. The second kappa shape index (κ2) is 19.1. The highest BCUT2D eigenvalue weighted by Crippen LogP contribution is 2.38. The number of likely N-dealkylation sites (tertiary alicyclic amines) is 1. The van der Waals surface area contributed by atoms with Crippen LogP contribution in [0.1, 0.15) is 94.2 Å². The minimum absolute atomic E-state index is 0.115. The minimum atomic E-state index is -0.349. The van der Waals surface area contributed by atoms with Gasteiger partial charge in [0.15, 0.2) is 0 Å². The lowest BCUT2D eigenvalue weighted by Crippen LogP contribution is -2.51. The van der Waals surface area contributed by atoms with Crippen molar-refractivity contribution in [1.29, 1.82) is 5.26 Å². The summed E-state index contributed by atoms with van der Waals surface area (Å²) < 4.78 is 1.78. The molecule has 4 fully saturated rings. The molecular formula is C52H60N10O4. The molecule has 14 nitrogen and oxygen atoms in total. The number of carbonyl (C=O) groups is 4. The number of rotatable bonds is 11. The number of aromatic nitrogens is 3. The number of hydrogen-bond donors (Lipinski definition) is 2. The van der Waals surface area contributed by atoms with E-state index in [1.807, 2.05) is 49.3 Å². The van der Waals surface area contributed by atoms with Gasteiger partial charge in [-0.3, -0.25) is 29.4 Å². The Kier molecular flexibility index (Phi) is 12.9. The van der Waals surface area contributed by atoms with Gasteiger partial charge in [0, 0.05) is 86.5 Å². The first kappa shape index (κ1) is 44.6. The van der Waals surface area contributed by atoms with Crippen LogP contribution in [0.15, 0.2) is 85.3 Å². The van der Waals surface area contributed by atoms with Gasteiger partial charge in [0.1, 0.15) is 11.9 Å². The van der Waals surface area contributed by atoms with Crippen LogP contribution < -0.4 is 20.4 Å². The fourth-order valence-electron chi connectivity index (χ4n) is 10.4. The lowest BCUT2D eigenvalue weighted by atomic mass is 9.75. The first-order valence-electron chi connectivity index (χ1n) is 23.7. The molecule has 4 saturated heterocycles. The molecule has 1 unspecified atom stereocenters. The molecule has 5 aromatic rings. The van der Waals surface area contributed by atoms with E-state index >= 15 is 0 Å². The van der Waals surface area contributed by atoms with Crippen molar-refractivity contribution in [2.75, 3.05) is 68.7 Å². The normalized spacial score (nSPS) is 19.5. The summed E-state index contributed by atoms with van der Waals surface area (Å²) in [5, 5.41) is 20.2. The summed E-state index contributed by atoms with van der Waals surface area (Å²) in [4.78, 5) is 64.3. The molecule has 4 aliphatic rings. The van der Waals surface area contributed by atoms with E-state index in [4.69, 9.17) is 4.98 Å². The molecule has 7 heterocycles. The van der Waals surface area contributed by atoms with Crippen LogP contribution >= 0.6 is 0 Å². The van der Waals surface area contributed by atoms with Crippen LogP contribution in [0.3, 0.4) is 0 Å². The van der Waals surface area contributed by atoms with E-state index in [0.717, 1.165) is 116 Å². The minimum Gasteiger partial charge on any atom is -0.368 e. The molecule has 9 rings (SSSR count). The number of pyridine rings is 2. The van der Waals surface area contributed by atoms with Gasteiger partial charge in [0.25, 0.3) is 0 Å². The Hall–Kier alpha value is -6.59. The Morgan fingerprint density at radius 2 is 1.53 bits per heavy atom. The highest BCUT2D eigenvalue weighted by molar-refractivity contribution is 6.01. The van der Waals surface area contributed by atoms with Crippen molar-refractivity contribution in [3.05, 3.63) is 102 Å². The predicted molar refractivity (Wildman–Crippen MR) is 255 cm³/mol. The van der Waals surface area contributed by atoms with Crippen LogP contribution in [0.4, 0.5) is 11.5 Å². The number of nitrogens with one attached hydrogen (secondary N) is 2. The molecule has 0 aliphatic carbocycles. The zero-order chi connectivity index (χ0) is 46.0. The van der Waals surface area contributed by atoms with Gasteiger partial charge in [0.05, 0.1) is 35.2 Å². The van der Waals surface area contributed by atoms with Crippen molar-refractivity contribution in [2.45, 2.75) is 83.6 Å². The van der Waals surface area contributed by atoms with E-state index in [-0.39, 0.29) is 41.0 Å². The largest absolute Gasteiger partial charge is 0.368 e. The summed E-state index contributed by atoms with van der Waals surface area (Å²) in [6.07, 6.45) is 10.7. The summed E-state index contributed by atoms with van der Waals surface area (Å²) in [7, 11) is 0. The maximum Gasteiger partial charge on any atom is 0.236 e. The van der Waals surface area contributed by atoms with Crippen molar-refractivity contribution in [2.24, 2.45) is 5.41 Å². The molecule has 14 heteroatoms. The lowest BCUT2D eigenvalue weighted by molar-refractivity contribution is -0.135. The molecule has 0 spiro atoms. The molecule has 66 heavy (non-hydrogen) atoms. The molecule has 4 amide bonds. The number of piperidine rings is 3. The van der Waals surface area contributed by atoms with Gasteiger partial charge in [-0.2, -0.15) is 10.4 Å². The predicted octanol–water partition coefficient (Wildman–Crippen LogP) is 6.50. The number of benzene rings is 2. The average Bonchev–Trinajstić information content (AvgIpc) is 3.77. The molecule has 0 saturated carbocycles. The number of fused-ring (bicyclic) bond motifs is 1. The van der Waals surface area contributed by atoms with Crippen LogP contribution in [-0.4, -0.2) is 113 Å². The summed E-state index contributed by atoms with van der Waals surface area (Å²) in [6, 6.07) is 25.5. The summed E-state index contributed by atoms with van der Waals surface area (Å²) >= 11 is 0. The monoisotopic (exact) mass is 888 g/mol. The zero-order valence-electron chi connectivity index (χ0n) is 38.3. The second-order valence-corrected chi connectivity index (χ2v) is 18.9. The number of hydrogen-bond acceptors (Lipinski definition) is 10. The number of amides is 4. The number of piperazine rings is 1. The van der Waals surface area contributed by atoms with E-state index in [9.17, 15) is 24.4 Å². The van der Waals surface area contributed by atoms with Crippen LogP contribution in [0.5, 0.6) is 0 Å². The van der Waals surface area contributed by atoms with Gasteiger partial charge < -0.3 is 20.0 Å². The van der Waals surface area contributed by atoms with Crippen LogP contribution in [0, 0.1) is 16.7 Å². The Labute approximate surface area is 387 Å². The number of anilines is 2. The molecule has 2 aromatic carbocycles. The van der Waals surface area contributed by atoms with Gasteiger partial charge in [-0.05, 0) is 118 Å². The van der Waals surface area contributed by atoms with Crippen molar-refractivity contribution in [3.8, 4) is 28.3 Å². The smallest absolute Gasteiger partial charge is 0.236 e. The maximum absolute atomic E-state index is 13.5. The summed E-state index contributed by atoms with van der Waals surface area (Å²) in [5.41, 5.74) is 7.98. The van der Waals surface area contributed by atoms with E-state index in [1.165, 1.54) is 5.56 Å². The molecule has 2 N–H and O–H groups in total. The molecule has 0 bridgehead atoms. The highest BCUT2D eigenvalue weighted by Gasteiger charge is 2.40. The zero-order valence-corrected chi connectivity index (χ0v) is 38.3. The number of nitriles is 1. The number of imide groups is 1. The van der Waals surface area contributed by atoms with E-state index in [0.29, 0.717) is 44.0 Å². The van der Waals surface area contributed by atoms with Gasteiger partial charge in [-0.15, -0.1) is 0 Å². The standard InChI is InChI=1S/C52H60N10O4/c1-4-52(51(66)56-35(2)3)19-23-60(24-20-52)46-15-11-40(31-54-46)45-29-41(33-62-49(45)42(30-53)32-55-62)37-9-12-43(13-10-37)59-25-27-61(28-26-59)48(64)34-58-21-17-38(18-22-58)36-5-7-39(8-6-36)44-14-16-47(63)57-50(44)65/h5-13,15,29,31-33,35,38,44H,4,14,16-28,34H2,1-3H3,(H,56,66)(H,57,63,65). The first-order valence-corrected chi connectivity index (χ1v) is 23.7. The van der Waals surface area contributed by atoms with E-state index in [2.05, 4.69) is 92.0 Å². The van der Waals surface area contributed by atoms with Gasteiger partial charge in [-0.25, -0.2) is 9.50 Å². The van der Waals surface area contributed by atoms with Gasteiger partial charge in [0.2, 0.25) is 23.6 Å². The summed E-state index contributed by atoms with van der Waals surface area (Å²) in [5.74, 6) is 0.960. The van der Waals surface area contributed by atoms with E-state index in [1.54, 1.807) is 10.7 Å². The molecule has 3 aromatic heterocycles. The SMILES string of the molecule is CCC1(C(=O)NC(C)C)CCN(c2ccc(-c3cc(-c4ccc(N5CCN(C(=O)CN6CCC(c7ccc(C8CCC(=O)NC8=O)cc7)CC6)CC5)cc4)cn4ncc(C#N)c34)cn2)CC1. The third-order valence-corrected chi connectivity index (χ3v) is 14.6. The third kappa shape index (κ3) is 9.27. The maximum atomic E-state index is 13.5.